The lowest BCUT2D eigenvalue weighted by atomic mass is 9.84. The van der Waals surface area contributed by atoms with E-state index in [2.05, 4.69) is 59.3 Å². The zero-order valence-corrected chi connectivity index (χ0v) is 16.5. The summed E-state index contributed by atoms with van der Waals surface area (Å²) in [6, 6.07) is 15.1. The van der Waals surface area contributed by atoms with Crippen molar-refractivity contribution < 1.29 is 9.47 Å². The van der Waals surface area contributed by atoms with Gasteiger partial charge in [0.15, 0.2) is 0 Å². The SMILES string of the molecule is COc1ccc(C2CN(C)Cc3cc(OCCCN4CCC4)ccc32)cc1. The highest BCUT2D eigenvalue weighted by Gasteiger charge is 2.25. The molecule has 2 aromatic rings. The van der Waals surface area contributed by atoms with Crippen molar-refractivity contribution in [1.29, 1.82) is 0 Å². The van der Waals surface area contributed by atoms with Crippen LogP contribution in [-0.2, 0) is 6.54 Å². The topological polar surface area (TPSA) is 24.9 Å². The van der Waals surface area contributed by atoms with Gasteiger partial charge in [-0.05, 0) is 73.9 Å². The first-order chi connectivity index (χ1) is 13.2. The molecule has 1 fully saturated rings. The van der Waals surface area contributed by atoms with Gasteiger partial charge in [-0.15, -0.1) is 0 Å². The fourth-order valence-corrected chi connectivity index (χ4v) is 4.12. The first-order valence-corrected chi connectivity index (χ1v) is 10.0. The van der Waals surface area contributed by atoms with E-state index in [4.69, 9.17) is 9.47 Å². The standard InChI is InChI=1S/C23H30N2O2/c1-24-16-19-15-21(27-14-4-13-25-11-3-12-25)9-10-22(19)23(17-24)18-5-7-20(26-2)8-6-18/h5-10,15,23H,3-4,11-14,16-17H2,1-2H3. The maximum absolute atomic E-state index is 6.04. The van der Waals surface area contributed by atoms with Crippen LogP contribution in [0.4, 0.5) is 0 Å². The van der Waals surface area contributed by atoms with Gasteiger partial charge in [-0.2, -0.15) is 0 Å². The van der Waals surface area contributed by atoms with E-state index in [9.17, 15) is 0 Å². The third-order valence-electron chi connectivity index (χ3n) is 5.78. The Morgan fingerprint density at radius 3 is 2.52 bits per heavy atom. The molecule has 2 aromatic carbocycles. The number of methoxy groups -OCH3 is 1. The van der Waals surface area contributed by atoms with Gasteiger partial charge in [0.1, 0.15) is 11.5 Å². The Kier molecular flexibility index (Phi) is 5.65. The number of nitrogens with zero attached hydrogens (tertiary/aromatic N) is 2. The summed E-state index contributed by atoms with van der Waals surface area (Å²) < 4.78 is 11.3. The van der Waals surface area contributed by atoms with Crippen LogP contribution in [0.15, 0.2) is 42.5 Å². The Morgan fingerprint density at radius 2 is 1.81 bits per heavy atom. The van der Waals surface area contributed by atoms with Gasteiger partial charge in [-0.1, -0.05) is 18.2 Å². The summed E-state index contributed by atoms with van der Waals surface area (Å²) in [4.78, 5) is 4.88. The fourth-order valence-electron chi connectivity index (χ4n) is 4.12. The van der Waals surface area contributed by atoms with Gasteiger partial charge in [0.25, 0.3) is 0 Å². The van der Waals surface area contributed by atoms with Gasteiger partial charge in [-0.25, -0.2) is 0 Å². The minimum atomic E-state index is 0.394. The molecular formula is C23H30N2O2. The van der Waals surface area contributed by atoms with E-state index in [-0.39, 0.29) is 0 Å². The number of benzene rings is 2. The van der Waals surface area contributed by atoms with Crippen molar-refractivity contribution >= 4 is 0 Å². The van der Waals surface area contributed by atoms with Gasteiger partial charge >= 0.3 is 0 Å². The molecule has 0 saturated carbocycles. The molecule has 2 aliphatic heterocycles. The molecule has 0 aromatic heterocycles. The van der Waals surface area contributed by atoms with Gasteiger partial charge in [0, 0.05) is 25.6 Å². The van der Waals surface area contributed by atoms with Crippen LogP contribution in [0.5, 0.6) is 11.5 Å². The molecule has 0 aliphatic carbocycles. The van der Waals surface area contributed by atoms with Crippen LogP contribution < -0.4 is 9.47 Å². The number of fused-ring (bicyclic) bond motifs is 1. The maximum atomic E-state index is 6.04. The zero-order chi connectivity index (χ0) is 18.6. The Balaban J connectivity index is 1.44. The highest BCUT2D eigenvalue weighted by Crippen LogP contribution is 2.35. The van der Waals surface area contributed by atoms with Crippen LogP contribution in [0.25, 0.3) is 0 Å². The van der Waals surface area contributed by atoms with Crippen LogP contribution in [0.1, 0.15) is 35.4 Å². The summed E-state index contributed by atoms with van der Waals surface area (Å²) >= 11 is 0. The van der Waals surface area contributed by atoms with Crippen molar-refractivity contribution in [3.05, 3.63) is 59.2 Å². The Labute approximate surface area is 162 Å². The first kappa shape index (κ1) is 18.3. The molecule has 0 spiro atoms. The molecular weight excluding hydrogens is 336 g/mol. The fraction of sp³-hybridized carbons (Fsp3) is 0.478. The lowest BCUT2D eigenvalue weighted by Gasteiger charge is -2.33. The van der Waals surface area contributed by atoms with E-state index >= 15 is 0 Å². The second kappa shape index (κ2) is 8.32. The molecule has 1 atom stereocenters. The summed E-state index contributed by atoms with van der Waals surface area (Å²) in [5.41, 5.74) is 4.14. The number of hydrogen-bond donors (Lipinski definition) is 0. The highest BCUT2D eigenvalue weighted by molar-refractivity contribution is 5.45. The second-order valence-corrected chi connectivity index (χ2v) is 7.78. The van der Waals surface area contributed by atoms with Crippen LogP contribution in [0.3, 0.4) is 0 Å². The minimum Gasteiger partial charge on any atom is -0.497 e. The molecule has 0 bridgehead atoms. The molecule has 2 heterocycles. The largest absolute Gasteiger partial charge is 0.497 e. The molecule has 27 heavy (non-hydrogen) atoms. The first-order valence-electron chi connectivity index (χ1n) is 10.0. The third kappa shape index (κ3) is 4.28. The highest BCUT2D eigenvalue weighted by atomic mass is 16.5. The lowest BCUT2D eigenvalue weighted by Crippen LogP contribution is -2.38. The van der Waals surface area contributed by atoms with Gasteiger partial charge in [0.2, 0.25) is 0 Å². The monoisotopic (exact) mass is 366 g/mol. The molecule has 4 nitrogen and oxygen atoms in total. The number of rotatable bonds is 7. The lowest BCUT2D eigenvalue weighted by molar-refractivity contribution is 0.165. The number of likely N-dealkylation sites (tertiary alicyclic amines) is 1. The molecule has 0 radical (unpaired) electrons. The minimum absolute atomic E-state index is 0.394. The molecule has 4 heteroatoms. The quantitative estimate of drug-likeness (QED) is 0.697. The van der Waals surface area contributed by atoms with Gasteiger partial charge in [-0.3, -0.25) is 0 Å². The van der Waals surface area contributed by atoms with E-state index in [1.807, 2.05) is 0 Å². The predicted molar refractivity (Wildman–Crippen MR) is 109 cm³/mol. The summed E-state index contributed by atoms with van der Waals surface area (Å²) in [5, 5.41) is 0. The molecule has 0 amide bonds. The normalized spacial score (nSPS) is 20.0. The number of likely N-dealkylation sites (N-methyl/N-ethyl adjacent to an activating group) is 1. The Bertz CT molecular complexity index is 755. The molecule has 1 saturated heterocycles. The average Bonchev–Trinajstić information content (AvgIpc) is 2.65. The smallest absolute Gasteiger partial charge is 0.119 e. The summed E-state index contributed by atoms with van der Waals surface area (Å²) in [6.07, 6.45) is 2.46. The van der Waals surface area contributed by atoms with Crippen molar-refractivity contribution in [1.82, 2.24) is 9.80 Å². The Hall–Kier alpha value is -2.04. The zero-order valence-electron chi connectivity index (χ0n) is 16.5. The molecule has 0 N–H and O–H groups in total. The second-order valence-electron chi connectivity index (χ2n) is 7.78. The summed E-state index contributed by atoms with van der Waals surface area (Å²) in [5.74, 6) is 2.30. The van der Waals surface area contributed by atoms with Crippen molar-refractivity contribution in [2.75, 3.05) is 46.9 Å². The van der Waals surface area contributed by atoms with Crippen molar-refractivity contribution in [2.45, 2.75) is 25.3 Å². The van der Waals surface area contributed by atoms with Crippen LogP contribution >= 0.6 is 0 Å². The maximum Gasteiger partial charge on any atom is 0.119 e. The molecule has 144 valence electrons. The van der Waals surface area contributed by atoms with E-state index in [0.717, 1.165) is 44.2 Å². The van der Waals surface area contributed by atoms with E-state index in [1.54, 1.807) is 7.11 Å². The van der Waals surface area contributed by atoms with E-state index in [0.29, 0.717) is 5.92 Å². The number of hydrogen-bond acceptors (Lipinski definition) is 4. The van der Waals surface area contributed by atoms with E-state index < -0.39 is 0 Å². The molecule has 1 unspecified atom stereocenters. The van der Waals surface area contributed by atoms with E-state index in [1.165, 1.54) is 36.2 Å². The molecule has 4 rings (SSSR count). The van der Waals surface area contributed by atoms with Crippen molar-refractivity contribution in [2.24, 2.45) is 0 Å². The van der Waals surface area contributed by atoms with Crippen molar-refractivity contribution in [3.63, 3.8) is 0 Å². The average molecular weight is 367 g/mol. The molecule has 2 aliphatic rings. The van der Waals surface area contributed by atoms with Gasteiger partial charge < -0.3 is 19.3 Å². The third-order valence-corrected chi connectivity index (χ3v) is 5.78. The van der Waals surface area contributed by atoms with Crippen LogP contribution in [0.2, 0.25) is 0 Å². The van der Waals surface area contributed by atoms with Crippen LogP contribution in [-0.4, -0.2) is 56.7 Å². The summed E-state index contributed by atoms with van der Waals surface area (Å²) in [7, 11) is 3.91. The van der Waals surface area contributed by atoms with Crippen LogP contribution in [0, 0.1) is 0 Å². The van der Waals surface area contributed by atoms with Gasteiger partial charge in [0.05, 0.1) is 13.7 Å². The predicted octanol–water partition coefficient (Wildman–Crippen LogP) is 3.75. The Morgan fingerprint density at radius 1 is 1.04 bits per heavy atom. The summed E-state index contributed by atoms with van der Waals surface area (Å²) in [6.45, 7) is 6.50. The number of ether oxygens (including phenoxy) is 2. The van der Waals surface area contributed by atoms with Crippen molar-refractivity contribution in [3.8, 4) is 11.5 Å².